The maximum atomic E-state index is 11.9. The Bertz CT molecular complexity index is 228. The summed E-state index contributed by atoms with van der Waals surface area (Å²) < 4.78 is 0. The van der Waals surface area contributed by atoms with Crippen molar-refractivity contribution in [3.8, 4) is 0 Å². The van der Waals surface area contributed by atoms with E-state index >= 15 is 0 Å². The first kappa shape index (κ1) is 12.8. The van der Waals surface area contributed by atoms with Gasteiger partial charge < -0.3 is 4.90 Å². The summed E-state index contributed by atoms with van der Waals surface area (Å²) >= 11 is 5.60. The molecule has 88 valence electrons. The Hall–Kier alpha value is -0.240. The molecule has 2 nitrogen and oxygen atoms in total. The molecule has 3 heteroatoms. The molecule has 1 fully saturated rings. The Morgan fingerprint density at radius 2 is 2.00 bits per heavy atom. The van der Waals surface area contributed by atoms with Crippen LogP contribution in [-0.4, -0.2) is 30.3 Å². The molecular formula is C12H22ClNO. The first-order valence-corrected chi connectivity index (χ1v) is 6.33. The van der Waals surface area contributed by atoms with Crippen LogP contribution in [-0.2, 0) is 4.79 Å². The fraction of sp³-hybridized carbons (Fsp3) is 0.917. The summed E-state index contributed by atoms with van der Waals surface area (Å²) in [6, 6.07) is 0. The summed E-state index contributed by atoms with van der Waals surface area (Å²) in [5, 5.41) is 0. The van der Waals surface area contributed by atoms with Crippen LogP contribution in [0.1, 0.15) is 39.5 Å². The van der Waals surface area contributed by atoms with Crippen LogP contribution in [0, 0.1) is 11.3 Å². The van der Waals surface area contributed by atoms with Crippen LogP contribution in [0.4, 0.5) is 0 Å². The first-order chi connectivity index (χ1) is 6.99. The second-order valence-corrected chi connectivity index (χ2v) is 5.63. The second-order valence-electron chi connectivity index (χ2n) is 5.25. The van der Waals surface area contributed by atoms with Gasteiger partial charge in [0.15, 0.2) is 0 Å². The molecule has 0 aliphatic heterocycles. The summed E-state index contributed by atoms with van der Waals surface area (Å²) in [4.78, 5) is 13.8. The monoisotopic (exact) mass is 231 g/mol. The highest BCUT2D eigenvalue weighted by molar-refractivity contribution is 6.17. The maximum Gasteiger partial charge on any atom is 0.225 e. The summed E-state index contributed by atoms with van der Waals surface area (Å²) in [7, 11) is 1.91. The zero-order valence-electron chi connectivity index (χ0n) is 10.1. The Morgan fingerprint density at radius 1 is 1.40 bits per heavy atom. The molecule has 0 aromatic heterocycles. The van der Waals surface area contributed by atoms with Gasteiger partial charge in [0.2, 0.25) is 5.91 Å². The molecule has 0 heterocycles. The van der Waals surface area contributed by atoms with Gasteiger partial charge in [0, 0.05) is 25.4 Å². The third-order valence-electron chi connectivity index (χ3n) is 3.31. The zero-order valence-corrected chi connectivity index (χ0v) is 10.8. The third-order valence-corrected chi connectivity index (χ3v) is 3.58. The molecule has 0 radical (unpaired) electrons. The van der Waals surface area contributed by atoms with E-state index in [0.717, 1.165) is 38.1 Å². The second kappa shape index (κ2) is 5.20. The van der Waals surface area contributed by atoms with Gasteiger partial charge in [-0.15, -0.1) is 11.6 Å². The first-order valence-electron chi connectivity index (χ1n) is 5.80. The van der Waals surface area contributed by atoms with Crippen molar-refractivity contribution < 1.29 is 4.79 Å². The molecule has 1 aliphatic rings. The highest BCUT2D eigenvalue weighted by Crippen LogP contribution is 2.52. The molecule has 0 N–H and O–H groups in total. The minimum Gasteiger partial charge on any atom is -0.346 e. The van der Waals surface area contributed by atoms with Crippen LogP contribution >= 0.6 is 11.6 Å². The van der Waals surface area contributed by atoms with Crippen molar-refractivity contribution in [2.24, 2.45) is 11.3 Å². The van der Waals surface area contributed by atoms with Gasteiger partial charge in [0.1, 0.15) is 0 Å². The molecule has 1 saturated carbocycles. The number of rotatable bonds is 6. The Morgan fingerprint density at radius 3 is 2.47 bits per heavy atom. The number of hydrogen-bond donors (Lipinski definition) is 0. The summed E-state index contributed by atoms with van der Waals surface area (Å²) in [6.07, 6.45) is 4.30. The molecular weight excluding hydrogens is 210 g/mol. The van der Waals surface area contributed by atoms with Crippen LogP contribution in [0.3, 0.4) is 0 Å². The van der Waals surface area contributed by atoms with Crippen molar-refractivity contribution in [2.45, 2.75) is 39.5 Å². The number of carbonyl (C=O) groups is 1. The van der Waals surface area contributed by atoms with Gasteiger partial charge in [-0.05, 0) is 24.7 Å². The van der Waals surface area contributed by atoms with Crippen LogP contribution in [0.15, 0.2) is 0 Å². The average Bonchev–Trinajstić information content (AvgIpc) is 2.81. The predicted octanol–water partition coefficient (Wildman–Crippen LogP) is 2.90. The number of hydrogen-bond acceptors (Lipinski definition) is 1. The van der Waals surface area contributed by atoms with E-state index in [0.29, 0.717) is 5.91 Å². The quantitative estimate of drug-likeness (QED) is 0.509. The third kappa shape index (κ3) is 3.67. The number of alkyl halides is 1. The van der Waals surface area contributed by atoms with E-state index in [1.165, 1.54) is 0 Å². The molecule has 1 unspecified atom stereocenters. The summed E-state index contributed by atoms with van der Waals surface area (Å²) in [5.74, 6) is 1.33. The molecule has 1 aliphatic carbocycles. The number of carbonyl (C=O) groups excluding carboxylic acids is 1. The molecule has 0 saturated heterocycles. The molecule has 1 atom stereocenters. The highest BCUT2D eigenvalue weighted by Gasteiger charge is 2.51. The molecule has 15 heavy (non-hydrogen) atoms. The fourth-order valence-corrected chi connectivity index (χ4v) is 2.07. The van der Waals surface area contributed by atoms with Gasteiger partial charge in [-0.3, -0.25) is 4.79 Å². The van der Waals surface area contributed by atoms with Crippen molar-refractivity contribution in [3.63, 3.8) is 0 Å². The molecule has 1 amide bonds. The van der Waals surface area contributed by atoms with Crippen molar-refractivity contribution in [1.29, 1.82) is 0 Å². The van der Waals surface area contributed by atoms with Crippen molar-refractivity contribution in [3.05, 3.63) is 0 Å². The molecule has 0 spiro atoms. The average molecular weight is 232 g/mol. The number of nitrogens with zero attached hydrogens (tertiary/aromatic N) is 1. The lowest BCUT2D eigenvalue weighted by atomic mass is 10.1. The van der Waals surface area contributed by atoms with Crippen molar-refractivity contribution in [2.75, 3.05) is 19.5 Å². The van der Waals surface area contributed by atoms with Crippen molar-refractivity contribution >= 4 is 17.5 Å². The van der Waals surface area contributed by atoms with E-state index in [1.807, 2.05) is 11.9 Å². The number of amides is 1. The van der Waals surface area contributed by atoms with Gasteiger partial charge in [-0.2, -0.15) is 0 Å². The van der Waals surface area contributed by atoms with E-state index in [4.69, 9.17) is 11.6 Å². The van der Waals surface area contributed by atoms with Gasteiger partial charge in [0.25, 0.3) is 0 Å². The molecule has 1 rings (SSSR count). The largest absolute Gasteiger partial charge is 0.346 e. The van der Waals surface area contributed by atoms with Gasteiger partial charge in [-0.25, -0.2) is 0 Å². The standard InChI is InChI=1S/C12H22ClNO/c1-12(2)9-10(12)11(15)14(3)8-6-4-5-7-13/h10H,4-9H2,1-3H3. The van der Waals surface area contributed by atoms with E-state index in [-0.39, 0.29) is 11.3 Å². The summed E-state index contributed by atoms with van der Waals surface area (Å²) in [6.45, 7) is 5.20. The van der Waals surface area contributed by atoms with E-state index in [2.05, 4.69) is 13.8 Å². The zero-order chi connectivity index (χ0) is 11.5. The normalized spacial score (nSPS) is 22.5. The molecule has 0 aromatic rings. The van der Waals surface area contributed by atoms with Crippen molar-refractivity contribution in [1.82, 2.24) is 4.90 Å². The lowest BCUT2D eigenvalue weighted by molar-refractivity contribution is -0.132. The van der Waals surface area contributed by atoms with Gasteiger partial charge >= 0.3 is 0 Å². The van der Waals surface area contributed by atoms with Crippen LogP contribution in [0.2, 0.25) is 0 Å². The lowest BCUT2D eigenvalue weighted by Crippen LogP contribution is -2.30. The van der Waals surface area contributed by atoms with E-state index in [1.54, 1.807) is 0 Å². The topological polar surface area (TPSA) is 20.3 Å². The number of unbranched alkanes of at least 4 members (excludes halogenated alkanes) is 2. The predicted molar refractivity (Wildman–Crippen MR) is 64.1 cm³/mol. The Kier molecular flexibility index (Phi) is 4.45. The molecule has 0 aromatic carbocycles. The molecule has 0 bridgehead atoms. The number of halogens is 1. The minimum atomic E-state index is 0.251. The van der Waals surface area contributed by atoms with E-state index < -0.39 is 0 Å². The van der Waals surface area contributed by atoms with Gasteiger partial charge in [0.05, 0.1) is 0 Å². The minimum absolute atomic E-state index is 0.251. The van der Waals surface area contributed by atoms with Gasteiger partial charge in [-0.1, -0.05) is 20.3 Å². The lowest BCUT2D eigenvalue weighted by Gasteiger charge is -2.17. The smallest absolute Gasteiger partial charge is 0.225 e. The highest BCUT2D eigenvalue weighted by atomic mass is 35.5. The SMILES string of the molecule is CN(CCCCCCl)C(=O)C1CC1(C)C. The summed E-state index contributed by atoms with van der Waals surface area (Å²) in [5.41, 5.74) is 0.251. The maximum absolute atomic E-state index is 11.9. The van der Waals surface area contributed by atoms with Crippen LogP contribution < -0.4 is 0 Å². The van der Waals surface area contributed by atoms with Crippen LogP contribution in [0.5, 0.6) is 0 Å². The fourth-order valence-electron chi connectivity index (χ4n) is 1.89. The Balaban J connectivity index is 2.17. The Labute approximate surface area is 98.0 Å². The van der Waals surface area contributed by atoms with E-state index in [9.17, 15) is 4.79 Å². The van der Waals surface area contributed by atoms with Crippen LogP contribution in [0.25, 0.3) is 0 Å².